The topological polar surface area (TPSA) is 53.0 Å². The Labute approximate surface area is 149 Å². The van der Waals surface area contributed by atoms with E-state index >= 15 is 0 Å². The zero-order chi connectivity index (χ0) is 18.4. The maximum absolute atomic E-state index is 12.8. The molecule has 0 saturated heterocycles. The van der Waals surface area contributed by atoms with Gasteiger partial charge >= 0.3 is 0 Å². The Bertz CT molecular complexity index is 931. The van der Waals surface area contributed by atoms with Gasteiger partial charge in [0.1, 0.15) is 5.84 Å². The molecule has 6 heteroatoms. The fourth-order valence-corrected chi connectivity index (χ4v) is 4.22. The second kappa shape index (κ2) is 5.88. The smallest absolute Gasteiger partial charge is 0.284 e. The summed E-state index contributed by atoms with van der Waals surface area (Å²) in [4.78, 5) is 4.13. The molecule has 1 aliphatic heterocycles. The molecule has 0 N–H and O–H groups in total. The molecular weight excluding hydrogens is 334 g/mol. The molecule has 0 spiro atoms. The van der Waals surface area contributed by atoms with Gasteiger partial charge in [-0.3, -0.25) is 0 Å². The number of nitrogens with zero attached hydrogens (tertiary/aromatic N) is 3. The van der Waals surface area contributed by atoms with Crippen molar-refractivity contribution in [3.63, 3.8) is 0 Å². The molecule has 2 aromatic rings. The summed E-state index contributed by atoms with van der Waals surface area (Å²) >= 11 is 0. The highest BCUT2D eigenvalue weighted by molar-refractivity contribution is 7.90. The number of anilines is 2. The molecular formula is C19H23N3O2S. The second-order valence-corrected chi connectivity index (χ2v) is 8.47. The van der Waals surface area contributed by atoms with Crippen molar-refractivity contribution in [3.8, 4) is 0 Å². The minimum Gasteiger partial charge on any atom is -0.361 e. The number of rotatable bonds is 2. The number of hydrogen-bond acceptors (Lipinski definition) is 3. The van der Waals surface area contributed by atoms with Crippen LogP contribution in [0.25, 0.3) is 0 Å². The summed E-state index contributed by atoms with van der Waals surface area (Å²) in [6.45, 7) is 5.87. The van der Waals surface area contributed by atoms with Gasteiger partial charge in [0.2, 0.25) is 0 Å². The highest BCUT2D eigenvalue weighted by atomic mass is 32.2. The van der Waals surface area contributed by atoms with E-state index in [2.05, 4.69) is 9.30 Å². The Morgan fingerprint density at radius 1 is 0.920 bits per heavy atom. The first-order valence-electron chi connectivity index (χ1n) is 8.13. The van der Waals surface area contributed by atoms with Crippen LogP contribution in [0.1, 0.15) is 19.4 Å². The van der Waals surface area contributed by atoms with E-state index in [1.54, 1.807) is 24.3 Å². The molecule has 2 aromatic carbocycles. The SMILES string of the molecule is Cc1ccc(S(=O)(=O)/N=C2/N(C)c3ccccc3N(C)C2(C)C)cc1. The molecule has 0 atom stereocenters. The molecule has 0 aliphatic carbocycles. The molecule has 0 saturated carbocycles. The summed E-state index contributed by atoms with van der Waals surface area (Å²) in [7, 11) is 0.0294. The van der Waals surface area contributed by atoms with Gasteiger partial charge < -0.3 is 9.80 Å². The first-order chi connectivity index (χ1) is 11.6. The van der Waals surface area contributed by atoms with Crippen LogP contribution in [0.2, 0.25) is 0 Å². The monoisotopic (exact) mass is 357 g/mol. The average Bonchev–Trinajstić information content (AvgIpc) is 2.57. The quantitative estimate of drug-likeness (QED) is 0.826. The maximum Gasteiger partial charge on any atom is 0.284 e. The molecule has 1 heterocycles. The number of amidine groups is 1. The van der Waals surface area contributed by atoms with Crippen molar-refractivity contribution >= 4 is 27.2 Å². The molecule has 5 nitrogen and oxygen atoms in total. The van der Waals surface area contributed by atoms with E-state index in [1.807, 2.05) is 64.0 Å². The maximum atomic E-state index is 12.8. The zero-order valence-corrected chi connectivity index (χ0v) is 16.0. The summed E-state index contributed by atoms with van der Waals surface area (Å²) in [5.74, 6) is 0.495. The zero-order valence-electron chi connectivity index (χ0n) is 15.2. The normalized spacial score (nSPS) is 18.4. The lowest BCUT2D eigenvalue weighted by Gasteiger charge is -2.47. The standard InChI is InChI=1S/C19H23N3O2S/c1-14-10-12-15(13-11-14)25(23,24)20-18-19(2,3)22(5)17-9-7-6-8-16(17)21(18)4/h6-13H,1-5H3/b20-18+. The van der Waals surface area contributed by atoms with Crippen LogP contribution in [0.4, 0.5) is 11.4 Å². The Morgan fingerprint density at radius 2 is 1.48 bits per heavy atom. The van der Waals surface area contributed by atoms with E-state index in [-0.39, 0.29) is 4.90 Å². The van der Waals surface area contributed by atoms with Crippen LogP contribution >= 0.6 is 0 Å². The van der Waals surface area contributed by atoms with E-state index in [9.17, 15) is 8.42 Å². The lowest BCUT2D eigenvalue weighted by molar-refractivity contribution is 0.592. The molecule has 0 aromatic heterocycles. The van der Waals surface area contributed by atoms with Crippen LogP contribution in [0, 0.1) is 6.92 Å². The van der Waals surface area contributed by atoms with Gasteiger partial charge in [-0.15, -0.1) is 4.40 Å². The van der Waals surface area contributed by atoms with Crippen molar-refractivity contribution in [1.29, 1.82) is 0 Å². The number of aryl methyl sites for hydroxylation is 1. The minimum atomic E-state index is -3.79. The van der Waals surface area contributed by atoms with Gasteiger partial charge in [-0.1, -0.05) is 29.8 Å². The minimum absolute atomic E-state index is 0.205. The van der Waals surface area contributed by atoms with Crippen molar-refractivity contribution in [2.75, 3.05) is 23.9 Å². The third kappa shape index (κ3) is 2.91. The summed E-state index contributed by atoms with van der Waals surface area (Å²) in [6.07, 6.45) is 0. The second-order valence-electron chi connectivity index (χ2n) is 6.87. The van der Waals surface area contributed by atoms with Gasteiger partial charge in [-0.25, -0.2) is 0 Å². The van der Waals surface area contributed by atoms with E-state index in [0.717, 1.165) is 16.9 Å². The van der Waals surface area contributed by atoms with Crippen LogP contribution in [-0.4, -0.2) is 33.9 Å². The highest BCUT2D eigenvalue weighted by Gasteiger charge is 2.40. The summed E-state index contributed by atoms with van der Waals surface area (Å²) in [6, 6.07) is 14.7. The van der Waals surface area contributed by atoms with E-state index in [1.165, 1.54) is 0 Å². The van der Waals surface area contributed by atoms with Gasteiger partial charge in [0.05, 0.1) is 21.8 Å². The Morgan fingerprint density at radius 3 is 2.08 bits per heavy atom. The van der Waals surface area contributed by atoms with Crippen LogP contribution in [-0.2, 0) is 10.0 Å². The van der Waals surface area contributed by atoms with Crippen molar-refractivity contribution in [1.82, 2.24) is 0 Å². The van der Waals surface area contributed by atoms with Crippen molar-refractivity contribution < 1.29 is 8.42 Å². The Kier molecular flexibility index (Phi) is 4.11. The Balaban J connectivity index is 2.15. The third-order valence-electron chi connectivity index (χ3n) is 4.83. The van der Waals surface area contributed by atoms with E-state index < -0.39 is 15.6 Å². The predicted molar refractivity (Wildman–Crippen MR) is 103 cm³/mol. The summed E-state index contributed by atoms with van der Waals surface area (Å²) in [5.41, 5.74) is 2.42. The van der Waals surface area contributed by atoms with Gasteiger partial charge in [-0.05, 0) is 45.0 Å². The largest absolute Gasteiger partial charge is 0.361 e. The van der Waals surface area contributed by atoms with Crippen LogP contribution in [0.3, 0.4) is 0 Å². The van der Waals surface area contributed by atoms with Crippen molar-refractivity contribution in [2.24, 2.45) is 4.40 Å². The highest BCUT2D eigenvalue weighted by Crippen LogP contribution is 2.39. The molecule has 0 fully saturated rings. The van der Waals surface area contributed by atoms with Gasteiger partial charge in [0, 0.05) is 14.1 Å². The van der Waals surface area contributed by atoms with Gasteiger partial charge in [0.15, 0.2) is 0 Å². The van der Waals surface area contributed by atoms with Crippen LogP contribution in [0.15, 0.2) is 57.8 Å². The fourth-order valence-electron chi connectivity index (χ4n) is 3.06. The molecule has 0 unspecified atom stereocenters. The molecule has 0 bridgehead atoms. The number of benzene rings is 2. The van der Waals surface area contributed by atoms with Crippen molar-refractivity contribution in [2.45, 2.75) is 31.2 Å². The van der Waals surface area contributed by atoms with Crippen molar-refractivity contribution in [3.05, 3.63) is 54.1 Å². The molecule has 0 amide bonds. The van der Waals surface area contributed by atoms with Gasteiger partial charge in [-0.2, -0.15) is 8.42 Å². The molecule has 0 radical (unpaired) electrons. The fraction of sp³-hybridized carbons (Fsp3) is 0.316. The number of para-hydroxylation sites is 2. The van der Waals surface area contributed by atoms with Gasteiger partial charge in [0.25, 0.3) is 10.0 Å². The Hall–Kier alpha value is -2.34. The summed E-state index contributed by atoms with van der Waals surface area (Å²) < 4.78 is 29.9. The number of likely N-dealkylation sites (N-methyl/N-ethyl adjacent to an activating group) is 2. The molecule has 132 valence electrons. The van der Waals surface area contributed by atoms with Crippen LogP contribution < -0.4 is 9.80 Å². The number of hydrogen-bond donors (Lipinski definition) is 0. The number of sulfonamides is 1. The average molecular weight is 357 g/mol. The molecule has 3 rings (SSSR count). The molecule has 25 heavy (non-hydrogen) atoms. The van der Waals surface area contributed by atoms with Crippen LogP contribution in [0.5, 0.6) is 0 Å². The predicted octanol–water partition coefficient (Wildman–Crippen LogP) is 3.45. The lowest BCUT2D eigenvalue weighted by atomic mass is 9.95. The number of fused-ring (bicyclic) bond motifs is 1. The van der Waals surface area contributed by atoms with E-state index in [4.69, 9.17) is 0 Å². The lowest BCUT2D eigenvalue weighted by Crippen LogP contribution is -2.58. The molecule has 1 aliphatic rings. The first kappa shape index (κ1) is 17.5. The third-order valence-corrected chi connectivity index (χ3v) is 6.11. The summed E-state index contributed by atoms with van der Waals surface area (Å²) in [5, 5.41) is 0. The van der Waals surface area contributed by atoms with E-state index in [0.29, 0.717) is 5.84 Å². The first-order valence-corrected chi connectivity index (χ1v) is 9.57.